The van der Waals surface area contributed by atoms with E-state index in [1.807, 2.05) is 0 Å². The second-order valence-corrected chi connectivity index (χ2v) is 7.77. The molecule has 1 heteroatoms. The van der Waals surface area contributed by atoms with Crippen LogP contribution in [-0.2, 0) is 0 Å². The van der Waals surface area contributed by atoms with Crippen LogP contribution in [0.5, 0.6) is 0 Å². The summed E-state index contributed by atoms with van der Waals surface area (Å²) in [4.78, 5) is 0. The van der Waals surface area contributed by atoms with Crippen molar-refractivity contribution in [3.63, 3.8) is 0 Å². The Hall–Kier alpha value is -0.0400. The van der Waals surface area contributed by atoms with E-state index in [9.17, 15) is 0 Å². The van der Waals surface area contributed by atoms with Crippen LogP contribution in [0.1, 0.15) is 90.9 Å². The zero-order valence-corrected chi connectivity index (χ0v) is 13.3. The van der Waals surface area contributed by atoms with Gasteiger partial charge in [0.1, 0.15) is 0 Å². The Kier molecular flexibility index (Phi) is 5.74. The molecule has 0 bridgehead atoms. The molecule has 2 aliphatic rings. The highest BCUT2D eigenvalue weighted by atomic mass is 14.8. The smallest absolute Gasteiger partial charge is 0.0185 e. The van der Waals surface area contributed by atoms with Crippen molar-refractivity contribution in [2.75, 3.05) is 0 Å². The van der Waals surface area contributed by atoms with Crippen LogP contribution in [0.2, 0.25) is 0 Å². The Morgan fingerprint density at radius 1 is 1.00 bits per heavy atom. The van der Waals surface area contributed by atoms with E-state index >= 15 is 0 Å². The van der Waals surface area contributed by atoms with Gasteiger partial charge in [-0.1, -0.05) is 71.6 Å². The molecule has 0 amide bonds. The van der Waals surface area contributed by atoms with Gasteiger partial charge in [-0.3, -0.25) is 0 Å². The van der Waals surface area contributed by atoms with Gasteiger partial charge in [0.2, 0.25) is 0 Å². The Labute approximate surface area is 120 Å². The molecule has 1 nitrogen and oxygen atoms in total. The zero-order chi connectivity index (χ0) is 13.7. The van der Waals surface area contributed by atoms with Crippen LogP contribution >= 0.6 is 0 Å². The fraction of sp³-hybridized carbons (Fsp3) is 1.00. The van der Waals surface area contributed by atoms with E-state index < -0.39 is 0 Å². The Bertz CT molecular complexity index is 254. The quantitative estimate of drug-likeness (QED) is 0.719. The van der Waals surface area contributed by atoms with Gasteiger partial charge in [0.15, 0.2) is 0 Å². The standard InChI is InChI=1S/C18H35N/c1-15(2)9-8-14-18(19)13-7-6-12-17(18)16-10-4-3-5-11-16/h15-17H,3-14,19H2,1-2H3. The fourth-order valence-electron chi connectivity index (χ4n) is 4.68. The molecule has 2 aliphatic carbocycles. The lowest BCUT2D eigenvalue weighted by Crippen LogP contribution is -2.52. The number of hydrogen-bond acceptors (Lipinski definition) is 1. The van der Waals surface area contributed by atoms with Gasteiger partial charge in [-0.25, -0.2) is 0 Å². The summed E-state index contributed by atoms with van der Waals surface area (Å²) >= 11 is 0. The molecular weight excluding hydrogens is 230 g/mol. The third-order valence-electron chi connectivity index (χ3n) is 5.79. The molecule has 2 atom stereocenters. The van der Waals surface area contributed by atoms with Crippen molar-refractivity contribution in [2.45, 2.75) is 96.4 Å². The lowest BCUT2D eigenvalue weighted by Gasteiger charge is -2.47. The number of nitrogens with two attached hydrogens (primary N) is 1. The minimum absolute atomic E-state index is 0.190. The van der Waals surface area contributed by atoms with E-state index in [-0.39, 0.29) is 5.54 Å². The topological polar surface area (TPSA) is 26.0 Å². The van der Waals surface area contributed by atoms with Crippen LogP contribution in [0, 0.1) is 17.8 Å². The molecule has 0 saturated heterocycles. The van der Waals surface area contributed by atoms with Crippen LogP contribution in [0.15, 0.2) is 0 Å². The normalized spacial score (nSPS) is 33.8. The first-order chi connectivity index (χ1) is 9.12. The van der Waals surface area contributed by atoms with Gasteiger partial charge in [0, 0.05) is 5.54 Å². The first-order valence-electron chi connectivity index (χ1n) is 8.91. The number of hydrogen-bond donors (Lipinski definition) is 1. The van der Waals surface area contributed by atoms with E-state index in [1.165, 1.54) is 77.0 Å². The third kappa shape index (κ3) is 4.21. The van der Waals surface area contributed by atoms with Gasteiger partial charge in [-0.15, -0.1) is 0 Å². The highest BCUT2D eigenvalue weighted by molar-refractivity contribution is 4.97. The maximum Gasteiger partial charge on any atom is 0.0185 e. The van der Waals surface area contributed by atoms with Crippen molar-refractivity contribution in [3.05, 3.63) is 0 Å². The summed E-state index contributed by atoms with van der Waals surface area (Å²) < 4.78 is 0. The lowest BCUT2D eigenvalue weighted by molar-refractivity contribution is 0.0901. The van der Waals surface area contributed by atoms with Crippen molar-refractivity contribution < 1.29 is 0 Å². The summed E-state index contributed by atoms with van der Waals surface area (Å²) in [6.07, 6.45) is 16.8. The van der Waals surface area contributed by atoms with Crippen molar-refractivity contribution in [1.82, 2.24) is 0 Å². The molecule has 0 aromatic rings. The fourth-order valence-corrected chi connectivity index (χ4v) is 4.68. The lowest BCUT2D eigenvalue weighted by atomic mass is 9.62. The van der Waals surface area contributed by atoms with Crippen LogP contribution in [0.3, 0.4) is 0 Å². The largest absolute Gasteiger partial charge is 0.325 e. The van der Waals surface area contributed by atoms with E-state index in [0.717, 1.165) is 17.8 Å². The molecular formula is C18H35N. The molecule has 2 rings (SSSR count). The average molecular weight is 265 g/mol. The molecule has 2 N–H and O–H groups in total. The SMILES string of the molecule is CC(C)CCCC1(N)CCCCC1C1CCCCC1. The Balaban J connectivity index is 1.93. The van der Waals surface area contributed by atoms with Gasteiger partial charge in [0.25, 0.3) is 0 Å². The zero-order valence-electron chi connectivity index (χ0n) is 13.3. The van der Waals surface area contributed by atoms with Crippen molar-refractivity contribution in [1.29, 1.82) is 0 Å². The average Bonchev–Trinajstić information content (AvgIpc) is 2.39. The maximum atomic E-state index is 6.92. The second-order valence-electron chi connectivity index (χ2n) is 7.77. The molecule has 2 saturated carbocycles. The predicted octanol–water partition coefficient (Wildman–Crippen LogP) is 5.28. The minimum atomic E-state index is 0.190. The molecule has 2 fully saturated rings. The van der Waals surface area contributed by atoms with E-state index in [1.54, 1.807) is 0 Å². The molecule has 19 heavy (non-hydrogen) atoms. The van der Waals surface area contributed by atoms with Crippen LogP contribution < -0.4 is 5.73 Å². The summed E-state index contributed by atoms with van der Waals surface area (Å²) in [6.45, 7) is 4.67. The summed E-state index contributed by atoms with van der Waals surface area (Å²) in [6, 6.07) is 0. The molecule has 0 aromatic heterocycles. The highest BCUT2D eigenvalue weighted by Crippen LogP contribution is 2.44. The molecule has 0 spiro atoms. The van der Waals surface area contributed by atoms with Gasteiger partial charge in [-0.2, -0.15) is 0 Å². The van der Waals surface area contributed by atoms with Gasteiger partial charge >= 0.3 is 0 Å². The van der Waals surface area contributed by atoms with Crippen LogP contribution in [0.25, 0.3) is 0 Å². The molecule has 0 aliphatic heterocycles. The molecule has 0 radical (unpaired) electrons. The highest BCUT2D eigenvalue weighted by Gasteiger charge is 2.40. The molecule has 2 unspecified atom stereocenters. The van der Waals surface area contributed by atoms with E-state index in [0.29, 0.717) is 0 Å². The molecule has 112 valence electrons. The van der Waals surface area contributed by atoms with Gasteiger partial charge in [0.05, 0.1) is 0 Å². The minimum Gasteiger partial charge on any atom is -0.325 e. The summed E-state index contributed by atoms with van der Waals surface area (Å²) in [5, 5.41) is 0. The van der Waals surface area contributed by atoms with Gasteiger partial charge in [-0.05, 0) is 37.0 Å². The molecule has 0 aromatic carbocycles. The van der Waals surface area contributed by atoms with Crippen LogP contribution in [-0.4, -0.2) is 5.54 Å². The second kappa shape index (κ2) is 7.11. The summed E-state index contributed by atoms with van der Waals surface area (Å²) in [5.41, 5.74) is 7.11. The summed E-state index contributed by atoms with van der Waals surface area (Å²) in [7, 11) is 0. The Morgan fingerprint density at radius 3 is 2.37 bits per heavy atom. The van der Waals surface area contributed by atoms with E-state index in [2.05, 4.69) is 13.8 Å². The van der Waals surface area contributed by atoms with Crippen LogP contribution in [0.4, 0.5) is 0 Å². The van der Waals surface area contributed by atoms with Crippen molar-refractivity contribution >= 4 is 0 Å². The van der Waals surface area contributed by atoms with Gasteiger partial charge < -0.3 is 5.73 Å². The first kappa shape index (κ1) is 15.4. The number of rotatable bonds is 5. The first-order valence-corrected chi connectivity index (χ1v) is 8.91. The molecule has 0 heterocycles. The van der Waals surface area contributed by atoms with Crippen molar-refractivity contribution in [3.8, 4) is 0 Å². The van der Waals surface area contributed by atoms with E-state index in [4.69, 9.17) is 5.73 Å². The third-order valence-corrected chi connectivity index (χ3v) is 5.79. The maximum absolute atomic E-state index is 6.92. The Morgan fingerprint density at radius 2 is 1.68 bits per heavy atom. The predicted molar refractivity (Wildman–Crippen MR) is 84.1 cm³/mol. The monoisotopic (exact) mass is 265 g/mol. The van der Waals surface area contributed by atoms with Crippen molar-refractivity contribution in [2.24, 2.45) is 23.5 Å². The summed E-state index contributed by atoms with van der Waals surface area (Å²) in [5.74, 6) is 2.63.